The second-order valence-corrected chi connectivity index (χ2v) is 14.7. The van der Waals surface area contributed by atoms with Crippen molar-refractivity contribution in [1.29, 1.82) is 0 Å². The fourth-order valence-corrected chi connectivity index (χ4v) is 6.77. The van der Waals surface area contributed by atoms with E-state index in [1.54, 1.807) is 23.1 Å². The molecule has 270 valence electrons. The first-order valence-electron chi connectivity index (χ1n) is 20.2. The van der Waals surface area contributed by atoms with Gasteiger partial charge in [-0.2, -0.15) is 0 Å². The highest BCUT2D eigenvalue weighted by molar-refractivity contribution is 6.36. The van der Waals surface area contributed by atoms with Crippen LogP contribution in [0.4, 0.5) is 0 Å². The molecule has 0 aliphatic heterocycles. The molecular formula is C43H73Cl2NO. The lowest BCUT2D eigenvalue weighted by Crippen LogP contribution is -2.20. The number of hydrogen-bond acceptors (Lipinski definition) is 1. The highest BCUT2D eigenvalue weighted by Crippen LogP contribution is 2.23. The molecule has 0 aliphatic carbocycles. The van der Waals surface area contributed by atoms with Crippen molar-refractivity contribution in [2.45, 2.75) is 206 Å². The van der Waals surface area contributed by atoms with Crippen molar-refractivity contribution in [3.63, 3.8) is 0 Å². The summed E-state index contributed by atoms with van der Waals surface area (Å²) >= 11 is 12.5. The van der Waals surface area contributed by atoms with Crippen LogP contribution in [0.25, 0.3) is 0 Å². The minimum absolute atomic E-state index is 0.110. The lowest BCUT2D eigenvalue weighted by molar-refractivity contribution is 0.0869. The van der Waals surface area contributed by atoms with Crippen molar-refractivity contribution >= 4 is 29.1 Å². The van der Waals surface area contributed by atoms with Crippen molar-refractivity contribution in [2.24, 2.45) is 0 Å². The van der Waals surface area contributed by atoms with Crippen LogP contribution in [0.2, 0.25) is 10.0 Å². The number of allylic oxidation sites excluding steroid dienone is 2. The summed E-state index contributed by atoms with van der Waals surface area (Å²) in [4.78, 5) is 15.1. The van der Waals surface area contributed by atoms with Gasteiger partial charge in [-0.05, 0) is 43.9 Å². The van der Waals surface area contributed by atoms with Gasteiger partial charge in [-0.1, -0.05) is 216 Å². The Kier molecular flexibility index (Phi) is 31.0. The Hall–Kier alpha value is -1.25. The van der Waals surface area contributed by atoms with Crippen molar-refractivity contribution < 1.29 is 4.79 Å². The van der Waals surface area contributed by atoms with E-state index in [0.717, 1.165) is 12.8 Å². The average Bonchev–Trinajstić information content (AvgIpc) is 3.06. The first kappa shape index (κ1) is 43.8. The third-order valence-electron chi connectivity index (χ3n) is 9.38. The number of carbonyl (C=O) groups excluding carboxylic acids is 1. The van der Waals surface area contributed by atoms with Crippen molar-refractivity contribution in [3.05, 3.63) is 58.4 Å². The Morgan fingerprint density at radius 3 is 1.15 bits per heavy atom. The van der Waals surface area contributed by atoms with Crippen LogP contribution < -0.4 is 0 Å². The minimum atomic E-state index is -0.110. The number of carbonyl (C=O) groups is 1. The largest absolute Gasteiger partial charge is 0.291 e. The van der Waals surface area contributed by atoms with E-state index in [1.807, 2.05) is 12.4 Å². The molecule has 0 aromatic heterocycles. The number of amides is 1. The summed E-state index contributed by atoms with van der Waals surface area (Å²) in [6.07, 6.45) is 48.4. The molecule has 4 heteroatoms. The van der Waals surface area contributed by atoms with Gasteiger partial charge in [0.1, 0.15) is 0 Å². The summed E-state index contributed by atoms with van der Waals surface area (Å²) in [5.74, 6) is -0.110. The Morgan fingerprint density at radius 1 is 0.511 bits per heavy atom. The summed E-state index contributed by atoms with van der Waals surface area (Å²) in [6.45, 7) is 4.57. The van der Waals surface area contributed by atoms with Crippen molar-refractivity contribution in [1.82, 2.24) is 4.90 Å². The van der Waals surface area contributed by atoms with Crippen LogP contribution in [0, 0.1) is 0 Å². The number of benzene rings is 1. The fraction of sp³-hybridized carbons (Fsp3) is 0.744. The second kappa shape index (κ2) is 33.3. The normalized spacial score (nSPS) is 11.7. The lowest BCUT2D eigenvalue weighted by atomic mass is 10.0. The molecule has 0 fully saturated rings. The quantitative estimate of drug-likeness (QED) is 0.0672. The smallest absolute Gasteiger partial charge is 0.263 e. The van der Waals surface area contributed by atoms with Gasteiger partial charge in [-0.15, -0.1) is 0 Å². The Balaban J connectivity index is 2.26. The number of hydrogen-bond donors (Lipinski definition) is 0. The van der Waals surface area contributed by atoms with Crippen molar-refractivity contribution in [3.8, 4) is 0 Å². The topological polar surface area (TPSA) is 20.3 Å². The molecule has 1 rings (SSSR count). The van der Waals surface area contributed by atoms with Gasteiger partial charge in [0.2, 0.25) is 0 Å². The van der Waals surface area contributed by atoms with Gasteiger partial charge in [0.15, 0.2) is 0 Å². The minimum Gasteiger partial charge on any atom is -0.291 e. The average molecular weight is 691 g/mol. The highest BCUT2D eigenvalue weighted by Gasteiger charge is 2.15. The van der Waals surface area contributed by atoms with Crippen LogP contribution in [-0.4, -0.2) is 10.8 Å². The maximum atomic E-state index is 13.4. The van der Waals surface area contributed by atoms with Crippen molar-refractivity contribution in [2.75, 3.05) is 0 Å². The molecule has 1 amide bonds. The molecule has 0 radical (unpaired) electrons. The van der Waals surface area contributed by atoms with Crippen LogP contribution in [0.15, 0.2) is 42.8 Å². The maximum absolute atomic E-state index is 13.4. The molecule has 0 spiro atoms. The molecule has 0 saturated carbocycles. The van der Waals surface area contributed by atoms with E-state index in [0.29, 0.717) is 15.6 Å². The Morgan fingerprint density at radius 2 is 0.830 bits per heavy atom. The zero-order valence-electron chi connectivity index (χ0n) is 30.9. The monoisotopic (exact) mass is 690 g/mol. The first-order valence-corrected chi connectivity index (χ1v) is 21.0. The SMILES string of the molecule is CCCCCCCCCCCCCCCCC=CN(C=CCCCCCCCCCCCCCCCC)C(=O)c1ccc(Cl)cc1Cl. The van der Waals surface area contributed by atoms with E-state index in [1.165, 1.54) is 180 Å². The Labute approximate surface area is 302 Å². The summed E-state index contributed by atoms with van der Waals surface area (Å²) in [7, 11) is 0. The van der Waals surface area contributed by atoms with Gasteiger partial charge in [-0.3, -0.25) is 9.69 Å². The number of rotatable bonds is 33. The highest BCUT2D eigenvalue weighted by atomic mass is 35.5. The molecule has 47 heavy (non-hydrogen) atoms. The van der Waals surface area contributed by atoms with E-state index in [2.05, 4.69) is 26.0 Å². The summed E-state index contributed by atoms with van der Waals surface area (Å²) in [5, 5.41) is 0.938. The molecule has 2 nitrogen and oxygen atoms in total. The molecule has 0 unspecified atom stereocenters. The molecule has 0 atom stereocenters. The number of halogens is 2. The van der Waals surface area contributed by atoms with Crippen LogP contribution >= 0.6 is 23.2 Å². The zero-order valence-corrected chi connectivity index (χ0v) is 32.4. The molecular weight excluding hydrogens is 617 g/mol. The fourth-order valence-electron chi connectivity index (χ4n) is 6.28. The van der Waals surface area contributed by atoms with E-state index in [-0.39, 0.29) is 5.91 Å². The third-order valence-corrected chi connectivity index (χ3v) is 9.92. The first-order chi connectivity index (χ1) is 23.1. The molecule has 1 aromatic rings. The van der Waals surface area contributed by atoms with E-state index in [9.17, 15) is 4.79 Å². The lowest BCUT2D eigenvalue weighted by Gasteiger charge is -2.15. The van der Waals surface area contributed by atoms with Gasteiger partial charge < -0.3 is 0 Å². The van der Waals surface area contributed by atoms with Gasteiger partial charge in [0.05, 0.1) is 10.6 Å². The molecule has 0 N–H and O–H groups in total. The molecule has 0 bridgehead atoms. The second-order valence-electron chi connectivity index (χ2n) is 13.9. The number of unbranched alkanes of at least 4 members (excludes halogenated alkanes) is 28. The van der Waals surface area contributed by atoms with Gasteiger partial charge >= 0.3 is 0 Å². The van der Waals surface area contributed by atoms with Gasteiger partial charge in [0.25, 0.3) is 5.91 Å². The predicted octanol–water partition coefficient (Wildman–Crippen LogP) is 16.2. The van der Waals surface area contributed by atoms with E-state index < -0.39 is 0 Å². The molecule has 1 aromatic carbocycles. The standard InChI is InChI=1S/C43H73Cl2NO/c1-3-5-7-9-11-13-15-17-19-21-23-25-27-29-31-33-37-46(43(47)41-36-35-40(44)39-42(41)45)38-34-32-30-28-26-24-22-20-18-16-14-12-10-8-6-4-2/h33-39H,3-32H2,1-2H3. The summed E-state index contributed by atoms with van der Waals surface area (Å²) in [6, 6.07) is 5.10. The third kappa shape index (κ3) is 26.3. The van der Waals surface area contributed by atoms with E-state index >= 15 is 0 Å². The summed E-state index contributed by atoms with van der Waals surface area (Å²) < 4.78 is 0. The molecule has 0 saturated heterocycles. The predicted molar refractivity (Wildman–Crippen MR) is 211 cm³/mol. The summed E-state index contributed by atoms with van der Waals surface area (Å²) in [5.41, 5.74) is 0.485. The maximum Gasteiger partial charge on any atom is 0.263 e. The van der Waals surface area contributed by atoms with Crippen LogP contribution in [-0.2, 0) is 0 Å². The van der Waals surface area contributed by atoms with E-state index in [4.69, 9.17) is 23.2 Å². The zero-order chi connectivity index (χ0) is 34.0. The molecule has 0 heterocycles. The van der Waals surface area contributed by atoms with Crippen LogP contribution in [0.3, 0.4) is 0 Å². The number of nitrogens with zero attached hydrogens (tertiary/aromatic N) is 1. The Bertz CT molecular complexity index is 869. The van der Waals surface area contributed by atoms with Gasteiger partial charge in [0, 0.05) is 17.4 Å². The van der Waals surface area contributed by atoms with Crippen LogP contribution in [0.1, 0.15) is 217 Å². The van der Waals surface area contributed by atoms with Crippen LogP contribution in [0.5, 0.6) is 0 Å². The molecule has 0 aliphatic rings. The van der Waals surface area contributed by atoms with Gasteiger partial charge in [-0.25, -0.2) is 0 Å².